The van der Waals surface area contributed by atoms with E-state index in [1.54, 1.807) is 6.92 Å². The van der Waals surface area contributed by atoms with Crippen LogP contribution in [-0.4, -0.2) is 81.4 Å². The van der Waals surface area contributed by atoms with Crippen molar-refractivity contribution in [3.8, 4) is 5.75 Å². The molecule has 0 N–H and O–H groups in total. The molecule has 35 heavy (non-hydrogen) atoms. The number of ether oxygens (including phenoxy) is 1. The SMILES string of the molecule is Cc1cc(F)ccc1S(=O)(=O)N1CCC(COc2ccccc2)(CC(=O)N2CCN(C)CC2)CC1. The Kier molecular flexibility index (Phi) is 7.78. The number of carbonyl (C=O) groups is 1. The smallest absolute Gasteiger partial charge is 0.243 e. The highest BCUT2D eigenvalue weighted by Crippen LogP contribution is 2.38. The third kappa shape index (κ3) is 6.02. The highest BCUT2D eigenvalue weighted by atomic mass is 32.2. The van der Waals surface area contributed by atoms with Gasteiger partial charge in [0.2, 0.25) is 15.9 Å². The lowest BCUT2D eigenvalue weighted by molar-refractivity contribution is -0.136. The first-order valence-electron chi connectivity index (χ1n) is 12.1. The summed E-state index contributed by atoms with van der Waals surface area (Å²) in [5.41, 5.74) is -0.0698. The number of nitrogens with zero attached hydrogens (tertiary/aromatic N) is 3. The minimum Gasteiger partial charge on any atom is -0.493 e. The number of carbonyl (C=O) groups excluding carboxylic acids is 1. The van der Waals surface area contributed by atoms with Crippen molar-refractivity contribution in [3.63, 3.8) is 0 Å². The fraction of sp³-hybridized carbons (Fsp3) is 0.500. The summed E-state index contributed by atoms with van der Waals surface area (Å²) >= 11 is 0. The van der Waals surface area contributed by atoms with E-state index < -0.39 is 21.3 Å². The molecule has 0 radical (unpaired) electrons. The molecule has 2 aliphatic rings. The second-order valence-corrected chi connectivity index (χ2v) is 11.7. The Bertz CT molecular complexity index is 1130. The van der Waals surface area contributed by atoms with E-state index in [1.165, 1.54) is 22.5 Å². The molecule has 0 unspecified atom stereocenters. The van der Waals surface area contributed by atoms with Crippen LogP contribution in [-0.2, 0) is 14.8 Å². The van der Waals surface area contributed by atoms with Gasteiger partial charge in [-0.3, -0.25) is 4.79 Å². The summed E-state index contributed by atoms with van der Waals surface area (Å²) < 4.78 is 47.7. The van der Waals surface area contributed by atoms with E-state index in [1.807, 2.05) is 35.2 Å². The van der Waals surface area contributed by atoms with E-state index in [9.17, 15) is 17.6 Å². The zero-order chi connectivity index (χ0) is 25.1. The molecule has 0 atom stereocenters. The first kappa shape index (κ1) is 25.6. The molecule has 0 aliphatic carbocycles. The summed E-state index contributed by atoms with van der Waals surface area (Å²) in [6, 6.07) is 13.2. The lowest BCUT2D eigenvalue weighted by Crippen LogP contribution is -2.51. The molecule has 2 saturated heterocycles. The minimum atomic E-state index is -3.76. The lowest BCUT2D eigenvalue weighted by atomic mass is 9.76. The van der Waals surface area contributed by atoms with Crippen molar-refractivity contribution in [1.82, 2.24) is 14.1 Å². The van der Waals surface area contributed by atoms with Gasteiger partial charge in [0.25, 0.3) is 0 Å². The molecule has 7 nitrogen and oxygen atoms in total. The van der Waals surface area contributed by atoms with Gasteiger partial charge in [0.1, 0.15) is 11.6 Å². The zero-order valence-corrected chi connectivity index (χ0v) is 21.3. The Morgan fingerprint density at radius 2 is 1.66 bits per heavy atom. The predicted molar refractivity (Wildman–Crippen MR) is 132 cm³/mol. The topological polar surface area (TPSA) is 70.2 Å². The Hall–Kier alpha value is -2.49. The van der Waals surface area contributed by atoms with Crippen molar-refractivity contribution in [1.29, 1.82) is 0 Å². The van der Waals surface area contributed by atoms with Gasteiger partial charge in [-0.2, -0.15) is 4.31 Å². The minimum absolute atomic E-state index is 0.0976. The highest BCUT2D eigenvalue weighted by Gasteiger charge is 2.42. The Morgan fingerprint density at radius 3 is 2.29 bits per heavy atom. The third-order valence-electron chi connectivity index (χ3n) is 7.21. The summed E-state index contributed by atoms with van der Waals surface area (Å²) in [5.74, 6) is 0.371. The highest BCUT2D eigenvalue weighted by molar-refractivity contribution is 7.89. The van der Waals surface area contributed by atoms with Gasteiger partial charge in [-0.25, -0.2) is 12.8 Å². The molecule has 0 bridgehead atoms. The predicted octanol–water partition coefficient (Wildman–Crippen LogP) is 3.15. The van der Waals surface area contributed by atoms with E-state index >= 15 is 0 Å². The van der Waals surface area contributed by atoms with E-state index in [4.69, 9.17) is 4.74 Å². The molecule has 2 heterocycles. The number of likely N-dealkylation sites (N-methyl/N-ethyl adjacent to an activating group) is 1. The standard InChI is InChI=1S/C26H34FN3O4S/c1-21-18-22(27)8-9-24(21)35(32,33)30-12-10-26(11-13-30,20-34-23-6-4-3-5-7-23)19-25(31)29-16-14-28(2)15-17-29/h3-9,18H,10-17,19-20H2,1-2H3. The number of amides is 1. The maximum atomic E-state index is 13.5. The van der Waals surface area contributed by atoms with Crippen LogP contribution in [0.25, 0.3) is 0 Å². The number of piperidine rings is 1. The van der Waals surface area contributed by atoms with Crippen LogP contribution in [0.4, 0.5) is 4.39 Å². The molecule has 0 aromatic heterocycles. The molecule has 2 aliphatic heterocycles. The maximum absolute atomic E-state index is 13.5. The monoisotopic (exact) mass is 503 g/mol. The third-order valence-corrected chi connectivity index (χ3v) is 9.27. The van der Waals surface area contributed by atoms with Crippen molar-refractivity contribution in [2.45, 2.75) is 31.1 Å². The molecule has 1 amide bonds. The molecule has 4 rings (SSSR count). The zero-order valence-electron chi connectivity index (χ0n) is 20.5. The molecular weight excluding hydrogens is 469 g/mol. The fourth-order valence-corrected chi connectivity index (χ4v) is 6.50. The second-order valence-electron chi connectivity index (χ2n) is 9.78. The van der Waals surface area contributed by atoms with Crippen LogP contribution in [0.3, 0.4) is 0 Å². The molecule has 2 aromatic rings. The number of piperazine rings is 1. The van der Waals surface area contributed by atoms with Crippen molar-refractivity contribution >= 4 is 15.9 Å². The van der Waals surface area contributed by atoms with E-state index in [2.05, 4.69) is 11.9 Å². The number of rotatable bonds is 7. The van der Waals surface area contributed by atoms with E-state index in [0.29, 0.717) is 44.5 Å². The number of sulfonamides is 1. The van der Waals surface area contributed by atoms with Gasteiger partial charge in [0.05, 0.1) is 11.5 Å². The molecule has 0 saturated carbocycles. The van der Waals surface area contributed by atoms with Gasteiger partial charge in [0.15, 0.2) is 0 Å². The normalized spacial score (nSPS) is 19.5. The van der Waals surface area contributed by atoms with Gasteiger partial charge < -0.3 is 14.5 Å². The summed E-state index contributed by atoms with van der Waals surface area (Å²) in [7, 11) is -1.71. The second kappa shape index (κ2) is 10.6. The summed E-state index contributed by atoms with van der Waals surface area (Å²) in [6.07, 6.45) is 1.35. The lowest BCUT2D eigenvalue weighted by Gasteiger charge is -2.42. The van der Waals surface area contributed by atoms with Crippen molar-refractivity contribution in [3.05, 3.63) is 59.9 Å². The molecule has 190 valence electrons. The van der Waals surface area contributed by atoms with Crippen LogP contribution in [0.15, 0.2) is 53.4 Å². The van der Waals surface area contributed by atoms with Gasteiger partial charge in [-0.15, -0.1) is 0 Å². The largest absolute Gasteiger partial charge is 0.493 e. The van der Waals surface area contributed by atoms with Crippen molar-refractivity contribution in [2.24, 2.45) is 5.41 Å². The quantitative estimate of drug-likeness (QED) is 0.581. The number of halogens is 1. The van der Waals surface area contributed by atoms with Gasteiger partial charge in [0, 0.05) is 51.1 Å². The van der Waals surface area contributed by atoms with Gasteiger partial charge >= 0.3 is 0 Å². The van der Waals surface area contributed by atoms with Crippen LogP contribution in [0.5, 0.6) is 5.75 Å². The Morgan fingerprint density at radius 1 is 1.00 bits per heavy atom. The average molecular weight is 504 g/mol. The Labute approximate surface area is 207 Å². The van der Waals surface area contributed by atoms with E-state index in [0.717, 1.165) is 18.8 Å². The summed E-state index contributed by atoms with van der Waals surface area (Å²) in [6.45, 7) is 5.63. The summed E-state index contributed by atoms with van der Waals surface area (Å²) in [4.78, 5) is 17.5. The Balaban J connectivity index is 1.49. The van der Waals surface area contributed by atoms with Crippen molar-refractivity contribution < 1.29 is 22.3 Å². The number of para-hydroxylation sites is 1. The fourth-order valence-electron chi connectivity index (χ4n) is 4.86. The number of hydrogen-bond acceptors (Lipinski definition) is 5. The first-order chi connectivity index (χ1) is 16.7. The first-order valence-corrected chi connectivity index (χ1v) is 13.5. The van der Waals surface area contributed by atoms with Crippen molar-refractivity contribution in [2.75, 3.05) is 52.9 Å². The molecule has 2 aromatic carbocycles. The molecule has 2 fully saturated rings. The number of hydrogen-bond donors (Lipinski definition) is 0. The van der Waals surface area contributed by atoms with Crippen LogP contribution in [0.2, 0.25) is 0 Å². The molecular formula is C26H34FN3O4S. The van der Waals surface area contributed by atoms with Gasteiger partial charge in [-0.05, 0) is 62.7 Å². The van der Waals surface area contributed by atoms with E-state index in [-0.39, 0.29) is 23.9 Å². The van der Waals surface area contributed by atoms with Gasteiger partial charge in [-0.1, -0.05) is 18.2 Å². The van der Waals surface area contributed by atoms with Crippen LogP contribution < -0.4 is 4.74 Å². The molecule has 9 heteroatoms. The maximum Gasteiger partial charge on any atom is 0.243 e. The molecule has 0 spiro atoms. The number of aryl methyl sites for hydroxylation is 1. The van der Waals surface area contributed by atoms with Crippen LogP contribution in [0.1, 0.15) is 24.8 Å². The number of benzene rings is 2. The average Bonchev–Trinajstić information content (AvgIpc) is 2.84. The van der Waals surface area contributed by atoms with Crippen LogP contribution in [0, 0.1) is 18.2 Å². The summed E-state index contributed by atoms with van der Waals surface area (Å²) in [5, 5.41) is 0. The van der Waals surface area contributed by atoms with Crippen LogP contribution >= 0.6 is 0 Å².